The molecule has 4 atom stereocenters. The summed E-state index contributed by atoms with van der Waals surface area (Å²) in [5.74, 6) is 2.08. The van der Waals surface area contributed by atoms with Crippen molar-refractivity contribution in [2.75, 3.05) is 13.2 Å². The second-order valence-electron chi connectivity index (χ2n) is 18.3. The van der Waals surface area contributed by atoms with Gasteiger partial charge < -0.3 is 33.7 Å². The molecule has 0 radical (unpaired) electrons. The third kappa shape index (κ3) is 9.57. The van der Waals surface area contributed by atoms with Crippen molar-refractivity contribution in [2.45, 2.75) is 51.4 Å². The summed E-state index contributed by atoms with van der Waals surface area (Å²) in [5, 5.41) is 7.78. The van der Waals surface area contributed by atoms with E-state index < -0.39 is 16.6 Å². The third-order valence-corrected chi connectivity index (χ3v) is 23.3. The molecule has 2 saturated carbocycles. The zero-order valence-electron chi connectivity index (χ0n) is 37.7. The van der Waals surface area contributed by atoms with Gasteiger partial charge in [-0.2, -0.15) is 0 Å². The maximum atomic E-state index is 8.26. The van der Waals surface area contributed by atoms with E-state index in [-0.39, 0.29) is 56.4 Å². The van der Waals surface area contributed by atoms with Gasteiger partial charge in [-0.25, -0.2) is 0 Å². The van der Waals surface area contributed by atoms with Gasteiger partial charge in [-0.3, -0.25) is 0 Å². The maximum Gasteiger partial charge on any atom is 2.00 e. The predicted molar refractivity (Wildman–Crippen MR) is 268 cm³/mol. The first-order valence-corrected chi connectivity index (χ1v) is 27.4. The normalized spacial score (nSPS) is 20.5. The Morgan fingerprint density at radius 3 is 1.08 bits per heavy atom. The Morgan fingerprint density at radius 1 is 0.424 bits per heavy atom. The van der Waals surface area contributed by atoms with Crippen molar-refractivity contribution in [3.05, 3.63) is 230 Å². The monoisotopic (exact) mass is 1020 g/mol. The molecule has 0 aliphatic heterocycles. The first-order chi connectivity index (χ1) is 31.2. The van der Waals surface area contributed by atoms with Crippen molar-refractivity contribution in [1.29, 1.82) is 0 Å². The van der Waals surface area contributed by atoms with Gasteiger partial charge in [0.05, 0.1) is 0 Å². The quantitative estimate of drug-likeness (QED) is 0.0833. The van der Waals surface area contributed by atoms with Crippen molar-refractivity contribution in [3.8, 4) is 0 Å². The Labute approximate surface area is 427 Å². The molecular formula is C59H60Cl2O2Si2Zr. The van der Waals surface area contributed by atoms with Crippen molar-refractivity contribution in [2.24, 2.45) is 29.1 Å². The van der Waals surface area contributed by atoms with Crippen LogP contribution in [0.3, 0.4) is 0 Å². The molecule has 10 rings (SSSR count). The van der Waals surface area contributed by atoms with E-state index in [4.69, 9.17) is 8.85 Å². The van der Waals surface area contributed by atoms with E-state index in [1.807, 2.05) is 0 Å². The van der Waals surface area contributed by atoms with Crippen LogP contribution in [0, 0.1) is 29.1 Å². The number of rotatable bonds is 16. The SMILES string of the molecule is C1=CCC2CCC(C(CCCO[Si](c3ccccc3)(c3ccccc3)c3ccccc3)(CO[Si](c3ccccc3)(c3ccccc3)c3ccccc3)C3CCC4CC=CC=C43)C2=C1.[Cl-].[Cl-].[Zr+2]. The van der Waals surface area contributed by atoms with E-state index in [1.165, 1.54) is 56.8 Å². The van der Waals surface area contributed by atoms with Crippen LogP contribution in [0.5, 0.6) is 0 Å². The van der Waals surface area contributed by atoms with Gasteiger partial charge in [-0.1, -0.05) is 230 Å². The summed E-state index contributed by atoms with van der Waals surface area (Å²) in [4.78, 5) is 0. The van der Waals surface area contributed by atoms with Crippen LogP contribution in [0.25, 0.3) is 0 Å². The number of halogens is 2. The Hall–Kier alpha value is -3.90. The van der Waals surface area contributed by atoms with Gasteiger partial charge in [0.15, 0.2) is 0 Å². The number of fused-ring (bicyclic) bond motifs is 2. The Kier molecular flexibility index (Phi) is 17.4. The van der Waals surface area contributed by atoms with Crippen molar-refractivity contribution in [3.63, 3.8) is 0 Å². The molecule has 6 aromatic rings. The average Bonchev–Trinajstić information content (AvgIpc) is 4.02. The molecule has 66 heavy (non-hydrogen) atoms. The molecule has 6 aromatic carbocycles. The topological polar surface area (TPSA) is 18.5 Å². The van der Waals surface area contributed by atoms with Gasteiger partial charge in [0, 0.05) is 18.6 Å². The van der Waals surface area contributed by atoms with Crippen LogP contribution < -0.4 is 55.9 Å². The number of allylic oxidation sites excluding steroid dienone is 8. The van der Waals surface area contributed by atoms with Crippen LogP contribution in [0.4, 0.5) is 0 Å². The first kappa shape index (κ1) is 50.0. The summed E-state index contributed by atoms with van der Waals surface area (Å²) < 4.78 is 16.0. The summed E-state index contributed by atoms with van der Waals surface area (Å²) in [6.07, 6.45) is 23.8. The number of benzene rings is 6. The molecule has 2 nitrogen and oxygen atoms in total. The van der Waals surface area contributed by atoms with Crippen LogP contribution in [-0.2, 0) is 35.1 Å². The zero-order chi connectivity index (χ0) is 42.4. The number of hydrogen-bond donors (Lipinski definition) is 0. The molecule has 0 aromatic heterocycles. The van der Waals surface area contributed by atoms with Gasteiger partial charge in [0.25, 0.3) is 16.6 Å². The summed E-state index contributed by atoms with van der Waals surface area (Å²) in [5.41, 5.74) is 3.21. The second kappa shape index (κ2) is 22.9. The fraction of sp³-hybridized carbons (Fsp3) is 0.254. The molecule has 0 bridgehead atoms. The largest absolute Gasteiger partial charge is 2.00 e. The van der Waals surface area contributed by atoms with E-state index >= 15 is 0 Å². The van der Waals surface area contributed by atoms with Crippen molar-refractivity contribution < 1.29 is 59.9 Å². The second-order valence-corrected chi connectivity index (χ2v) is 25.1. The van der Waals surface area contributed by atoms with Crippen molar-refractivity contribution in [1.82, 2.24) is 0 Å². The van der Waals surface area contributed by atoms with Crippen molar-refractivity contribution >= 4 is 47.8 Å². The molecule has 2 fully saturated rings. The van der Waals surface area contributed by atoms with Crippen LogP contribution >= 0.6 is 0 Å². The van der Waals surface area contributed by atoms with E-state index in [2.05, 4.69) is 218 Å². The molecule has 0 heterocycles. The van der Waals surface area contributed by atoms with Crippen LogP contribution in [-0.4, -0.2) is 29.8 Å². The summed E-state index contributed by atoms with van der Waals surface area (Å²) in [7, 11) is -5.91. The minimum atomic E-state index is -3.02. The van der Waals surface area contributed by atoms with E-state index in [0.717, 1.165) is 25.7 Å². The fourth-order valence-corrected chi connectivity index (χ4v) is 20.2. The van der Waals surface area contributed by atoms with Gasteiger partial charge in [-0.15, -0.1) is 0 Å². The molecule has 0 saturated heterocycles. The minimum absolute atomic E-state index is 0. The van der Waals surface area contributed by atoms with E-state index in [1.54, 1.807) is 11.1 Å². The van der Waals surface area contributed by atoms with E-state index in [0.29, 0.717) is 36.9 Å². The Bertz CT molecular complexity index is 2310. The summed E-state index contributed by atoms with van der Waals surface area (Å²) in [6, 6.07) is 67.0. The molecular weight excluding hydrogens is 959 g/mol. The van der Waals surface area contributed by atoms with Crippen LogP contribution in [0.2, 0.25) is 0 Å². The minimum Gasteiger partial charge on any atom is -1.00 e. The van der Waals surface area contributed by atoms with E-state index in [9.17, 15) is 0 Å². The predicted octanol–water partition coefficient (Wildman–Crippen LogP) is 3.95. The zero-order valence-corrected chi connectivity index (χ0v) is 43.7. The smallest absolute Gasteiger partial charge is 1.00 e. The Morgan fingerprint density at radius 2 is 0.742 bits per heavy atom. The number of hydrogen-bond acceptors (Lipinski definition) is 2. The molecule has 4 aliphatic carbocycles. The standard InChI is InChI=1S/C59H60O2Si2.2ClH.Zr/c1-7-26-49(27-8-1)62(50-28-9-2-10-29-50,51-30-11-3-12-31-51)60-45-23-44-59(57-42-40-47-24-19-21-38-55(47)57,58-43-41-48-25-20-22-39-56(48)58)46-61-63(52-32-13-4-14-33-52,53-34-15-5-16-35-53)54-36-17-6-18-37-54;;;/h1-22,26-39,47-48,57-58H,23-25,40-46H2;2*1H;/q;;;+2/p-2. The van der Waals surface area contributed by atoms with Gasteiger partial charge in [-0.05, 0) is 106 Å². The molecule has 4 unspecified atom stereocenters. The molecule has 4 aliphatic rings. The van der Waals surface area contributed by atoms with Gasteiger partial charge in [0.2, 0.25) is 0 Å². The van der Waals surface area contributed by atoms with Gasteiger partial charge >= 0.3 is 26.2 Å². The molecule has 0 spiro atoms. The molecule has 0 N–H and O–H groups in total. The summed E-state index contributed by atoms with van der Waals surface area (Å²) in [6.45, 7) is 1.38. The fourth-order valence-electron chi connectivity index (χ4n) is 12.3. The molecule has 0 amide bonds. The average molecular weight is 1020 g/mol. The van der Waals surface area contributed by atoms with Crippen LogP contribution in [0.1, 0.15) is 51.4 Å². The van der Waals surface area contributed by atoms with Crippen LogP contribution in [0.15, 0.2) is 230 Å². The Balaban J connectivity index is 0.00000216. The van der Waals surface area contributed by atoms with Gasteiger partial charge in [0.1, 0.15) is 0 Å². The third-order valence-electron chi connectivity index (χ3n) is 15.2. The molecule has 7 heteroatoms. The summed E-state index contributed by atoms with van der Waals surface area (Å²) >= 11 is 0. The first-order valence-electron chi connectivity index (χ1n) is 23.6. The maximum absolute atomic E-state index is 8.26. The molecule has 334 valence electrons.